The Morgan fingerprint density at radius 1 is 1.30 bits per heavy atom. The van der Waals surface area contributed by atoms with Gasteiger partial charge in [-0.3, -0.25) is 4.68 Å². The van der Waals surface area contributed by atoms with Gasteiger partial charge in [-0.15, -0.1) is 10.2 Å². The van der Waals surface area contributed by atoms with Crippen LogP contribution in [0.25, 0.3) is 0 Å². The highest BCUT2D eigenvalue weighted by Gasteiger charge is 2.27. The Morgan fingerprint density at radius 3 is 2.96 bits per heavy atom. The number of piperidine rings is 1. The molecule has 0 aliphatic carbocycles. The molecule has 0 unspecified atom stereocenters. The molecule has 3 aromatic heterocycles. The molecule has 10 nitrogen and oxygen atoms in total. The molecule has 1 fully saturated rings. The number of ether oxygens (including phenoxy) is 1. The highest BCUT2D eigenvalue weighted by molar-refractivity contribution is 5.46. The van der Waals surface area contributed by atoms with Crippen molar-refractivity contribution in [3.8, 4) is 5.88 Å². The lowest BCUT2D eigenvalue weighted by Crippen LogP contribution is -2.36. The van der Waals surface area contributed by atoms with E-state index in [0.717, 1.165) is 43.4 Å². The summed E-state index contributed by atoms with van der Waals surface area (Å²) >= 11 is 0. The Balaban J connectivity index is 1.53. The smallest absolute Gasteiger partial charge is 0.225 e. The van der Waals surface area contributed by atoms with E-state index < -0.39 is 0 Å². The molecule has 27 heavy (non-hydrogen) atoms. The molecule has 0 radical (unpaired) electrons. The van der Waals surface area contributed by atoms with Crippen molar-refractivity contribution in [2.45, 2.75) is 25.3 Å². The lowest BCUT2D eigenvalue weighted by Gasteiger charge is -2.33. The Hall–Kier alpha value is -3.17. The standard InChI is InChI=1S/C17H23N9O/c1-24-14(11-26-8-4-6-19-26)22-23-16(24)12-5-3-7-25(10-12)13-9-15(27-2)21-17(18)20-13/h4,6,8-9,12H,3,5,7,10-11H2,1-2H3,(H2,18,20,21)/t12-/m1/s1. The van der Waals surface area contributed by atoms with E-state index in [4.69, 9.17) is 10.5 Å². The topological polar surface area (TPSA) is 113 Å². The van der Waals surface area contributed by atoms with Crippen LogP contribution in [0.3, 0.4) is 0 Å². The molecule has 4 heterocycles. The van der Waals surface area contributed by atoms with E-state index in [1.807, 2.05) is 30.1 Å². The molecule has 0 spiro atoms. The largest absolute Gasteiger partial charge is 0.481 e. The van der Waals surface area contributed by atoms with Crippen LogP contribution in [0.5, 0.6) is 5.88 Å². The van der Waals surface area contributed by atoms with E-state index in [9.17, 15) is 0 Å². The first kappa shape index (κ1) is 17.3. The minimum atomic E-state index is 0.214. The fourth-order valence-electron chi connectivity index (χ4n) is 3.50. The first-order chi connectivity index (χ1) is 13.1. The number of methoxy groups -OCH3 is 1. The number of aromatic nitrogens is 7. The number of nitrogens with two attached hydrogens (primary N) is 1. The van der Waals surface area contributed by atoms with Gasteiger partial charge in [0.15, 0.2) is 5.82 Å². The van der Waals surface area contributed by atoms with Crippen molar-refractivity contribution in [2.24, 2.45) is 7.05 Å². The SMILES string of the molecule is COc1cc(N2CCC[C@@H](c3nnc(Cn4cccn4)n3C)C2)nc(N)n1. The molecular formula is C17H23N9O. The summed E-state index contributed by atoms with van der Waals surface area (Å²) in [5.74, 6) is 3.61. The summed E-state index contributed by atoms with van der Waals surface area (Å²) in [6, 6.07) is 3.72. The van der Waals surface area contributed by atoms with Crippen LogP contribution in [0.4, 0.5) is 11.8 Å². The van der Waals surface area contributed by atoms with E-state index in [1.54, 1.807) is 13.3 Å². The second kappa shape index (κ2) is 7.22. The average Bonchev–Trinajstić information content (AvgIpc) is 3.32. The highest BCUT2D eigenvalue weighted by atomic mass is 16.5. The molecule has 2 N–H and O–H groups in total. The van der Waals surface area contributed by atoms with Gasteiger partial charge < -0.3 is 19.9 Å². The molecular weight excluding hydrogens is 346 g/mol. The van der Waals surface area contributed by atoms with Crippen LogP contribution < -0.4 is 15.4 Å². The van der Waals surface area contributed by atoms with Crippen molar-refractivity contribution in [3.05, 3.63) is 36.2 Å². The molecule has 0 amide bonds. The van der Waals surface area contributed by atoms with Gasteiger partial charge in [0.25, 0.3) is 0 Å². The zero-order chi connectivity index (χ0) is 18.8. The molecule has 3 aromatic rings. The summed E-state index contributed by atoms with van der Waals surface area (Å²) in [7, 11) is 3.59. The van der Waals surface area contributed by atoms with Gasteiger partial charge in [-0.2, -0.15) is 15.1 Å². The van der Waals surface area contributed by atoms with Crippen molar-refractivity contribution < 1.29 is 4.74 Å². The van der Waals surface area contributed by atoms with Gasteiger partial charge in [0, 0.05) is 44.5 Å². The zero-order valence-corrected chi connectivity index (χ0v) is 15.5. The fourth-order valence-corrected chi connectivity index (χ4v) is 3.50. The maximum absolute atomic E-state index is 5.82. The molecule has 142 valence electrons. The molecule has 0 bridgehead atoms. The Morgan fingerprint density at radius 2 is 2.19 bits per heavy atom. The van der Waals surface area contributed by atoms with Crippen LogP contribution in [0.2, 0.25) is 0 Å². The van der Waals surface area contributed by atoms with Crippen molar-refractivity contribution in [3.63, 3.8) is 0 Å². The predicted octanol–water partition coefficient (Wildman–Crippen LogP) is 0.825. The number of nitrogen functional groups attached to an aromatic ring is 1. The van der Waals surface area contributed by atoms with Crippen LogP contribution in [0.15, 0.2) is 24.5 Å². The first-order valence-corrected chi connectivity index (χ1v) is 8.93. The van der Waals surface area contributed by atoms with Gasteiger partial charge in [-0.25, -0.2) is 0 Å². The summed E-state index contributed by atoms with van der Waals surface area (Å²) in [6.45, 7) is 2.31. The van der Waals surface area contributed by atoms with Crippen LogP contribution in [0.1, 0.15) is 30.4 Å². The minimum Gasteiger partial charge on any atom is -0.481 e. The van der Waals surface area contributed by atoms with E-state index in [-0.39, 0.29) is 11.9 Å². The number of anilines is 2. The average molecular weight is 369 g/mol. The third-order valence-electron chi connectivity index (χ3n) is 4.89. The fraction of sp³-hybridized carbons (Fsp3) is 0.471. The van der Waals surface area contributed by atoms with E-state index in [2.05, 4.69) is 34.7 Å². The molecule has 0 saturated carbocycles. The van der Waals surface area contributed by atoms with Gasteiger partial charge in [0.1, 0.15) is 18.2 Å². The summed E-state index contributed by atoms with van der Waals surface area (Å²) in [6.07, 6.45) is 5.78. The molecule has 0 aromatic carbocycles. The van der Waals surface area contributed by atoms with Crippen LogP contribution in [-0.4, -0.2) is 54.7 Å². The monoisotopic (exact) mass is 369 g/mol. The van der Waals surface area contributed by atoms with Gasteiger partial charge in [-0.1, -0.05) is 0 Å². The van der Waals surface area contributed by atoms with Gasteiger partial charge >= 0.3 is 0 Å². The van der Waals surface area contributed by atoms with Crippen LogP contribution in [-0.2, 0) is 13.6 Å². The third kappa shape index (κ3) is 3.55. The second-order valence-electron chi connectivity index (χ2n) is 6.65. The molecule has 1 atom stereocenters. The maximum atomic E-state index is 5.82. The maximum Gasteiger partial charge on any atom is 0.225 e. The molecule has 1 saturated heterocycles. The van der Waals surface area contributed by atoms with Crippen molar-refractivity contribution in [1.82, 2.24) is 34.5 Å². The molecule has 1 aliphatic rings. The number of nitrogens with zero attached hydrogens (tertiary/aromatic N) is 8. The van der Waals surface area contributed by atoms with E-state index in [1.165, 1.54) is 0 Å². The first-order valence-electron chi connectivity index (χ1n) is 8.93. The van der Waals surface area contributed by atoms with Crippen molar-refractivity contribution in [1.29, 1.82) is 0 Å². The van der Waals surface area contributed by atoms with E-state index >= 15 is 0 Å². The second-order valence-corrected chi connectivity index (χ2v) is 6.65. The quantitative estimate of drug-likeness (QED) is 0.703. The summed E-state index contributed by atoms with van der Waals surface area (Å²) in [5.41, 5.74) is 5.82. The van der Waals surface area contributed by atoms with Gasteiger partial charge in [0.05, 0.1) is 7.11 Å². The van der Waals surface area contributed by atoms with E-state index in [0.29, 0.717) is 12.4 Å². The van der Waals surface area contributed by atoms with Crippen LogP contribution in [0, 0.1) is 0 Å². The lowest BCUT2D eigenvalue weighted by molar-refractivity contribution is 0.397. The Kier molecular flexibility index (Phi) is 4.61. The van der Waals surface area contributed by atoms with Crippen molar-refractivity contribution >= 4 is 11.8 Å². The molecule has 4 rings (SSSR count). The highest BCUT2D eigenvalue weighted by Crippen LogP contribution is 2.29. The van der Waals surface area contributed by atoms with Crippen LogP contribution >= 0.6 is 0 Å². The lowest BCUT2D eigenvalue weighted by atomic mass is 9.97. The summed E-state index contributed by atoms with van der Waals surface area (Å²) < 4.78 is 9.14. The van der Waals surface area contributed by atoms with Gasteiger partial charge in [-0.05, 0) is 18.9 Å². The van der Waals surface area contributed by atoms with Crippen molar-refractivity contribution in [2.75, 3.05) is 30.8 Å². The predicted molar refractivity (Wildman–Crippen MR) is 99.5 cm³/mol. The Bertz CT molecular complexity index is 905. The van der Waals surface area contributed by atoms with Gasteiger partial charge in [0.2, 0.25) is 11.8 Å². The molecule has 1 aliphatic heterocycles. The third-order valence-corrected chi connectivity index (χ3v) is 4.89. The normalized spacial score (nSPS) is 17.3. The minimum absolute atomic E-state index is 0.214. The number of hydrogen-bond acceptors (Lipinski definition) is 8. The summed E-state index contributed by atoms with van der Waals surface area (Å²) in [4.78, 5) is 10.6. The zero-order valence-electron chi connectivity index (χ0n) is 15.5. The number of hydrogen-bond donors (Lipinski definition) is 1. The number of rotatable bonds is 5. The summed E-state index contributed by atoms with van der Waals surface area (Å²) in [5, 5.41) is 13.1. The molecule has 10 heteroatoms. The Labute approximate surface area is 157 Å².